The van der Waals surface area contributed by atoms with Gasteiger partial charge in [0.15, 0.2) is 0 Å². The third-order valence-corrected chi connectivity index (χ3v) is 4.62. The molecule has 31 heavy (non-hydrogen) atoms. The van der Waals surface area contributed by atoms with Gasteiger partial charge in [-0.05, 0) is 43.3 Å². The number of aromatic nitrogens is 3. The molecule has 0 bridgehead atoms. The van der Waals surface area contributed by atoms with Crippen LogP contribution in [0.2, 0.25) is 0 Å². The van der Waals surface area contributed by atoms with Gasteiger partial charge in [0, 0.05) is 24.0 Å². The molecule has 0 fully saturated rings. The highest BCUT2D eigenvalue weighted by Crippen LogP contribution is 2.30. The van der Waals surface area contributed by atoms with Crippen LogP contribution >= 0.6 is 0 Å². The first-order valence-corrected chi connectivity index (χ1v) is 9.20. The van der Waals surface area contributed by atoms with E-state index >= 15 is 0 Å². The number of hydrogen-bond acceptors (Lipinski definition) is 5. The van der Waals surface area contributed by atoms with Gasteiger partial charge in [-0.25, -0.2) is 4.98 Å². The maximum absolute atomic E-state index is 13.2. The number of anilines is 2. The molecule has 2 N–H and O–H groups in total. The van der Waals surface area contributed by atoms with Crippen molar-refractivity contribution in [1.29, 1.82) is 0 Å². The number of hydrogen-bond donors (Lipinski definition) is 1. The molecule has 0 radical (unpaired) electrons. The first-order chi connectivity index (χ1) is 14.7. The number of carbonyl (C=O) groups excluding carboxylic acids is 1. The van der Waals surface area contributed by atoms with Crippen LogP contribution in [0.3, 0.4) is 0 Å². The number of nitrogens with zero attached hydrogens (tertiary/aromatic N) is 4. The molecule has 1 atom stereocenters. The molecule has 0 spiro atoms. The molecule has 0 saturated carbocycles. The summed E-state index contributed by atoms with van der Waals surface area (Å²) in [6.07, 6.45) is -1.73. The lowest BCUT2D eigenvalue weighted by Crippen LogP contribution is -2.43. The van der Waals surface area contributed by atoms with E-state index in [0.29, 0.717) is 34.9 Å². The summed E-state index contributed by atoms with van der Waals surface area (Å²) in [6, 6.07) is 8.33. The van der Waals surface area contributed by atoms with Crippen molar-refractivity contribution in [2.75, 3.05) is 17.2 Å². The van der Waals surface area contributed by atoms with Crippen molar-refractivity contribution in [3.63, 3.8) is 0 Å². The summed E-state index contributed by atoms with van der Waals surface area (Å²) < 4.78 is 42.6. The van der Waals surface area contributed by atoms with Crippen molar-refractivity contribution in [3.8, 4) is 17.6 Å². The minimum atomic E-state index is -4.78. The zero-order valence-electron chi connectivity index (χ0n) is 16.2. The minimum absolute atomic E-state index is 0.160. The number of rotatable bonds is 2. The average Bonchev–Trinajstić information content (AvgIpc) is 3.15. The summed E-state index contributed by atoms with van der Waals surface area (Å²) in [6.45, 7) is 2.19. The topological polar surface area (TPSA) is 86.3 Å². The first kappa shape index (κ1) is 20.3. The highest BCUT2D eigenvalue weighted by molar-refractivity contribution is 6.07. The van der Waals surface area contributed by atoms with Crippen molar-refractivity contribution >= 4 is 17.4 Å². The number of benzene rings is 1. The minimum Gasteiger partial charge on any atom is -0.406 e. The van der Waals surface area contributed by atoms with E-state index < -0.39 is 6.36 Å². The summed E-state index contributed by atoms with van der Waals surface area (Å²) >= 11 is 0. The molecule has 1 aliphatic rings. The van der Waals surface area contributed by atoms with E-state index in [4.69, 9.17) is 5.73 Å². The van der Waals surface area contributed by atoms with Crippen LogP contribution in [0.1, 0.15) is 34.6 Å². The molecule has 1 amide bonds. The maximum Gasteiger partial charge on any atom is 0.573 e. The second-order valence-electron chi connectivity index (χ2n) is 6.88. The predicted molar refractivity (Wildman–Crippen MR) is 106 cm³/mol. The molecule has 4 rings (SSSR count). The zero-order valence-corrected chi connectivity index (χ0v) is 16.2. The van der Waals surface area contributed by atoms with E-state index in [1.807, 2.05) is 6.92 Å². The van der Waals surface area contributed by atoms with E-state index in [1.54, 1.807) is 16.8 Å². The van der Waals surface area contributed by atoms with Gasteiger partial charge in [0.2, 0.25) is 0 Å². The van der Waals surface area contributed by atoms with E-state index in [2.05, 4.69) is 26.7 Å². The van der Waals surface area contributed by atoms with Crippen molar-refractivity contribution in [1.82, 2.24) is 14.8 Å². The van der Waals surface area contributed by atoms with Gasteiger partial charge in [-0.2, -0.15) is 5.10 Å². The summed E-state index contributed by atoms with van der Waals surface area (Å²) in [4.78, 5) is 18.6. The Hall–Kier alpha value is -4.00. The van der Waals surface area contributed by atoms with E-state index in [9.17, 15) is 18.0 Å². The summed E-state index contributed by atoms with van der Waals surface area (Å²) in [5.41, 5.74) is 7.39. The molecule has 7 nitrogen and oxygen atoms in total. The lowest BCUT2D eigenvalue weighted by atomic mass is 10.1. The lowest BCUT2D eigenvalue weighted by molar-refractivity contribution is -0.274. The van der Waals surface area contributed by atoms with Gasteiger partial charge in [0.1, 0.15) is 17.3 Å². The highest BCUT2D eigenvalue weighted by atomic mass is 19.4. The van der Waals surface area contributed by atoms with Crippen LogP contribution in [-0.4, -0.2) is 33.6 Å². The molecule has 1 aromatic carbocycles. The molecule has 0 aliphatic carbocycles. The SMILES string of the molecule is C[C@H]1CN(c2ccc(OC(F)(F)F)cc2)C(=O)c2c(C#Cc3ccc(N)nc3)cnn21. The Kier molecular flexibility index (Phi) is 5.02. The monoisotopic (exact) mass is 427 g/mol. The Balaban J connectivity index is 1.62. The smallest absolute Gasteiger partial charge is 0.406 e. The quantitative estimate of drug-likeness (QED) is 0.634. The fraction of sp³-hybridized carbons (Fsp3) is 0.190. The maximum atomic E-state index is 13.2. The largest absolute Gasteiger partial charge is 0.573 e. The number of nitrogen functional groups attached to an aromatic ring is 1. The number of nitrogens with two attached hydrogens (primary N) is 1. The molecule has 3 aromatic rings. The Morgan fingerprint density at radius 3 is 2.52 bits per heavy atom. The molecule has 2 aromatic heterocycles. The van der Waals surface area contributed by atoms with Gasteiger partial charge in [0.25, 0.3) is 5.91 Å². The molecule has 0 unspecified atom stereocenters. The van der Waals surface area contributed by atoms with Crippen LogP contribution in [0.5, 0.6) is 5.75 Å². The Bertz CT molecular complexity index is 1170. The highest BCUT2D eigenvalue weighted by Gasteiger charge is 2.34. The van der Waals surface area contributed by atoms with E-state index in [-0.39, 0.29) is 17.7 Å². The Morgan fingerprint density at radius 2 is 1.87 bits per heavy atom. The number of carbonyl (C=O) groups is 1. The van der Waals surface area contributed by atoms with Crippen LogP contribution in [-0.2, 0) is 0 Å². The van der Waals surface area contributed by atoms with Gasteiger partial charge < -0.3 is 15.4 Å². The van der Waals surface area contributed by atoms with Crippen molar-refractivity contribution in [2.24, 2.45) is 0 Å². The third kappa shape index (κ3) is 4.30. The molecule has 158 valence electrons. The van der Waals surface area contributed by atoms with Gasteiger partial charge in [-0.1, -0.05) is 11.8 Å². The van der Waals surface area contributed by atoms with Crippen molar-refractivity contribution in [3.05, 3.63) is 65.6 Å². The van der Waals surface area contributed by atoms with E-state index in [0.717, 1.165) is 0 Å². The normalized spacial score (nSPS) is 15.8. The van der Waals surface area contributed by atoms with Gasteiger partial charge in [-0.15, -0.1) is 13.2 Å². The van der Waals surface area contributed by atoms with Crippen LogP contribution in [0.4, 0.5) is 24.7 Å². The second-order valence-corrected chi connectivity index (χ2v) is 6.88. The fourth-order valence-electron chi connectivity index (χ4n) is 3.22. The summed E-state index contributed by atoms with van der Waals surface area (Å²) in [7, 11) is 0. The predicted octanol–water partition coefficient (Wildman–Crippen LogP) is 3.38. The first-order valence-electron chi connectivity index (χ1n) is 9.20. The van der Waals surface area contributed by atoms with Crippen molar-refractivity contribution in [2.45, 2.75) is 19.3 Å². The van der Waals surface area contributed by atoms with Gasteiger partial charge >= 0.3 is 6.36 Å². The van der Waals surface area contributed by atoms with Gasteiger partial charge in [-0.3, -0.25) is 9.48 Å². The van der Waals surface area contributed by atoms with Crippen LogP contribution in [0.25, 0.3) is 0 Å². The summed E-state index contributed by atoms with van der Waals surface area (Å²) in [5.74, 6) is 5.54. The van der Waals surface area contributed by atoms with Crippen LogP contribution < -0.4 is 15.4 Å². The zero-order chi connectivity index (χ0) is 22.2. The molecule has 10 heteroatoms. The third-order valence-electron chi connectivity index (χ3n) is 4.62. The van der Waals surface area contributed by atoms with Crippen molar-refractivity contribution < 1.29 is 22.7 Å². The van der Waals surface area contributed by atoms with E-state index in [1.165, 1.54) is 41.6 Å². The standard InChI is InChI=1S/C21H16F3N5O2/c1-13-12-28(16-5-7-17(8-6-16)31-21(22,23)24)20(30)19-15(11-27-29(13)19)4-2-14-3-9-18(25)26-10-14/h3,5-11,13H,12H2,1H3,(H2,25,26)/t13-/m0/s1. The fourth-order valence-corrected chi connectivity index (χ4v) is 3.22. The number of ether oxygens (including phenoxy) is 1. The Labute approximate surface area is 175 Å². The molecular formula is C21H16F3N5O2. The number of alkyl halides is 3. The molecular weight excluding hydrogens is 411 g/mol. The molecule has 1 aliphatic heterocycles. The number of amides is 1. The van der Waals surface area contributed by atoms with Crippen LogP contribution in [0, 0.1) is 11.8 Å². The lowest BCUT2D eigenvalue weighted by Gasteiger charge is -2.32. The molecule has 3 heterocycles. The molecule has 0 saturated heterocycles. The van der Waals surface area contributed by atoms with Crippen LogP contribution in [0.15, 0.2) is 48.8 Å². The number of fused-ring (bicyclic) bond motifs is 1. The average molecular weight is 427 g/mol. The van der Waals surface area contributed by atoms with Gasteiger partial charge in [0.05, 0.1) is 17.8 Å². The number of pyridine rings is 1. The number of halogens is 3. The Morgan fingerprint density at radius 1 is 1.13 bits per heavy atom. The summed E-state index contributed by atoms with van der Waals surface area (Å²) in [5, 5.41) is 4.28. The second kappa shape index (κ2) is 7.68.